The van der Waals surface area contributed by atoms with E-state index in [2.05, 4.69) is 0 Å². The number of aromatic hydroxyl groups is 2. The van der Waals surface area contributed by atoms with Gasteiger partial charge in [0.1, 0.15) is 22.6 Å². The smallest absolute Gasteiger partial charge is 0.183 e. The van der Waals surface area contributed by atoms with Crippen LogP contribution in [0.5, 0.6) is 23.0 Å². The molecule has 0 spiro atoms. The van der Waals surface area contributed by atoms with Gasteiger partial charge in [0.05, 0.1) is 19.6 Å². The van der Waals surface area contributed by atoms with E-state index in [1.165, 1.54) is 32.4 Å². The molecule has 0 saturated carbocycles. The number of phenols is 1. The van der Waals surface area contributed by atoms with E-state index in [0.29, 0.717) is 16.5 Å². The number of ether oxygens (including phenoxy) is 2. The SMILES string of the molecule is COc1c(O)c2c(O)cc(C)oc2c2c(OC)cc(=O)cc12. The van der Waals surface area contributed by atoms with Gasteiger partial charge in [0, 0.05) is 17.5 Å². The van der Waals surface area contributed by atoms with Crippen LogP contribution in [-0.2, 0) is 0 Å². The van der Waals surface area contributed by atoms with Crippen LogP contribution in [-0.4, -0.2) is 24.4 Å². The number of fused-ring (bicyclic) bond motifs is 3. The van der Waals surface area contributed by atoms with Gasteiger partial charge in [-0.1, -0.05) is 0 Å². The number of rotatable bonds is 2. The Balaban J connectivity index is 2.73. The summed E-state index contributed by atoms with van der Waals surface area (Å²) in [6.07, 6.45) is 0. The second-order valence-corrected chi connectivity index (χ2v) is 4.88. The standard InChI is InChI=1S/C16H14O6/c1-7-4-10(18)13-14(19)15(21-3)9-5-8(17)6-11(20-2)12(9)16(13)22-7/h4-6,18-19H,1-3H3. The highest BCUT2D eigenvalue weighted by atomic mass is 16.5. The van der Waals surface area contributed by atoms with Crippen molar-refractivity contribution in [2.45, 2.75) is 6.92 Å². The minimum absolute atomic E-state index is 0.0767. The summed E-state index contributed by atoms with van der Waals surface area (Å²) in [6, 6.07) is 4.03. The Kier molecular flexibility index (Phi) is 3.09. The number of hydrogen-bond donors (Lipinski definition) is 2. The molecule has 0 radical (unpaired) electrons. The molecule has 0 aliphatic carbocycles. The first-order valence-electron chi connectivity index (χ1n) is 6.52. The van der Waals surface area contributed by atoms with E-state index in [1.54, 1.807) is 6.92 Å². The van der Waals surface area contributed by atoms with E-state index < -0.39 is 0 Å². The molecule has 0 fully saturated rings. The van der Waals surface area contributed by atoms with Gasteiger partial charge in [-0.3, -0.25) is 4.79 Å². The summed E-state index contributed by atoms with van der Waals surface area (Å²) in [7, 11) is 2.79. The first-order valence-corrected chi connectivity index (χ1v) is 6.52. The molecule has 0 amide bonds. The highest BCUT2D eigenvalue weighted by Gasteiger charge is 2.22. The molecule has 0 atom stereocenters. The second kappa shape index (κ2) is 4.84. The van der Waals surface area contributed by atoms with Crippen molar-refractivity contribution in [3.63, 3.8) is 0 Å². The largest absolute Gasteiger partial charge is 0.507 e. The molecule has 3 aromatic rings. The second-order valence-electron chi connectivity index (χ2n) is 4.88. The van der Waals surface area contributed by atoms with Crippen LogP contribution < -0.4 is 14.9 Å². The van der Waals surface area contributed by atoms with Crippen LogP contribution in [0.4, 0.5) is 0 Å². The molecular weight excluding hydrogens is 288 g/mol. The lowest BCUT2D eigenvalue weighted by molar-refractivity contribution is 0.378. The lowest BCUT2D eigenvalue weighted by Crippen LogP contribution is -2.01. The minimum Gasteiger partial charge on any atom is -0.507 e. The highest BCUT2D eigenvalue weighted by molar-refractivity contribution is 6.15. The van der Waals surface area contributed by atoms with Crippen molar-refractivity contribution >= 4 is 21.7 Å². The van der Waals surface area contributed by atoms with E-state index in [0.717, 1.165) is 0 Å². The van der Waals surface area contributed by atoms with Crippen molar-refractivity contribution < 1.29 is 24.1 Å². The summed E-state index contributed by atoms with van der Waals surface area (Å²) < 4.78 is 16.1. The highest BCUT2D eigenvalue weighted by Crippen LogP contribution is 2.48. The predicted octanol–water partition coefficient (Wildman–Crippen LogP) is 2.68. The summed E-state index contributed by atoms with van der Waals surface area (Å²) in [5, 5.41) is 21.4. The third-order valence-electron chi connectivity index (χ3n) is 3.51. The Bertz CT molecular complexity index is 955. The van der Waals surface area contributed by atoms with Gasteiger partial charge in [-0.15, -0.1) is 0 Å². The maximum absolute atomic E-state index is 11.8. The maximum atomic E-state index is 11.8. The zero-order chi connectivity index (χ0) is 16.0. The Morgan fingerprint density at radius 2 is 1.77 bits per heavy atom. The molecular formula is C16H14O6. The Hall–Kier alpha value is -2.89. The van der Waals surface area contributed by atoms with Gasteiger partial charge >= 0.3 is 0 Å². The topological polar surface area (TPSA) is 89.1 Å². The molecule has 1 aromatic heterocycles. The van der Waals surface area contributed by atoms with Gasteiger partial charge in [-0.2, -0.15) is 0 Å². The van der Waals surface area contributed by atoms with E-state index in [4.69, 9.17) is 13.9 Å². The van der Waals surface area contributed by atoms with E-state index in [9.17, 15) is 15.0 Å². The molecule has 3 rings (SSSR count). The number of aryl methyl sites for hydroxylation is 1. The van der Waals surface area contributed by atoms with E-state index in [-0.39, 0.29) is 39.4 Å². The van der Waals surface area contributed by atoms with Crippen LogP contribution in [0.2, 0.25) is 0 Å². The summed E-state index contributed by atoms with van der Waals surface area (Å²) in [6.45, 7) is 1.67. The molecule has 114 valence electrons. The number of hydrogen-bond acceptors (Lipinski definition) is 6. The Labute approximate surface area is 125 Å². The Morgan fingerprint density at radius 3 is 2.41 bits per heavy atom. The van der Waals surface area contributed by atoms with Gasteiger partial charge in [0.15, 0.2) is 22.5 Å². The molecule has 0 bridgehead atoms. The van der Waals surface area contributed by atoms with Crippen molar-refractivity contribution in [2.75, 3.05) is 14.2 Å². The minimum atomic E-state index is -0.293. The average Bonchev–Trinajstić information content (AvgIpc) is 2.45. The normalized spacial score (nSPS) is 11.0. The lowest BCUT2D eigenvalue weighted by Gasteiger charge is -2.14. The zero-order valence-corrected chi connectivity index (χ0v) is 12.3. The third kappa shape index (κ3) is 1.84. The van der Waals surface area contributed by atoms with Gasteiger partial charge in [-0.25, -0.2) is 0 Å². The summed E-state index contributed by atoms with van der Waals surface area (Å²) >= 11 is 0. The fourth-order valence-electron chi connectivity index (χ4n) is 2.64. The molecule has 22 heavy (non-hydrogen) atoms. The van der Waals surface area contributed by atoms with Crippen LogP contribution in [0.1, 0.15) is 5.76 Å². The molecule has 2 aromatic carbocycles. The van der Waals surface area contributed by atoms with Crippen LogP contribution in [0.25, 0.3) is 21.7 Å². The fraction of sp³-hybridized carbons (Fsp3) is 0.188. The summed E-state index contributed by atoms with van der Waals surface area (Å²) in [4.78, 5) is 11.8. The van der Waals surface area contributed by atoms with Gasteiger partial charge in [-0.05, 0) is 13.0 Å². The quantitative estimate of drug-likeness (QED) is 0.707. The fourth-order valence-corrected chi connectivity index (χ4v) is 2.64. The van der Waals surface area contributed by atoms with Crippen LogP contribution in [0, 0.1) is 6.92 Å². The van der Waals surface area contributed by atoms with E-state index >= 15 is 0 Å². The lowest BCUT2D eigenvalue weighted by atomic mass is 10.0. The predicted molar refractivity (Wildman–Crippen MR) is 81.2 cm³/mol. The van der Waals surface area contributed by atoms with Crippen molar-refractivity contribution in [2.24, 2.45) is 0 Å². The van der Waals surface area contributed by atoms with Crippen molar-refractivity contribution in [1.29, 1.82) is 0 Å². The molecule has 2 N–H and O–H groups in total. The molecule has 0 aliphatic rings. The Morgan fingerprint density at radius 1 is 1.05 bits per heavy atom. The third-order valence-corrected chi connectivity index (χ3v) is 3.51. The molecule has 6 heteroatoms. The van der Waals surface area contributed by atoms with Gasteiger partial charge < -0.3 is 24.1 Å². The summed E-state index contributed by atoms with van der Waals surface area (Å²) in [5.74, 6) is 0.361. The maximum Gasteiger partial charge on any atom is 0.183 e. The first kappa shape index (κ1) is 14.1. The molecule has 0 unspecified atom stereocenters. The number of methoxy groups -OCH3 is 2. The van der Waals surface area contributed by atoms with Crippen LogP contribution >= 0.6 is 0 Å². The zero-order valence-electron chi connectivity index (χ0n) is 12.3. The number of phenolic OH excluding ortho intramolecular Hbond substituents is 1. The molecule has 0 aliphatic heterocycles. The van der Waals surface area contributed by atoms with Gasteiger partial charge in [0.2, 0.25) is 0 Å². The molecule has 6 nitrogen and oxygen atoms in total. The van der Waals surface area contributed by atoms with E-state index in [1.807, 2.05) is 0 Å². The van der Waals surface area contributed by atoms with Gasteiger partial charge in [0.25, 0.3) is 0 Å². The van der Waals surface area contributed by atoms with Crippen molar-refractivity contribution in [3.8, 4) is 23.0 Å². The van der Waals surface area contributed by atoms with Crippen molar-refractivity contribution in [1.82, 2.24) is 0 Å². The average molecular weight is 302 g/mol. The van der Waals surface area contributed by atoms with Crippen LogP contribution in [0.3, 0.4) is 0 Å². The number of benzene rings is 2. The van der Waals surface area contributed by atoms with Crippen LogP contribution in [0.15, 0.2) is 27.4 Å². The summed E-state index contributed by atoms with van der Waals surface area (Å²) in [5.41, 5.74) is -0.0686. The van der Waals surface area contributed by atoms with Crippen molar-refractivity contribution in [3.05, 3.63) is 34.2 Å². The first-order chi connectivity index (χ1) is 10.5. The molecule has 0 saturated heterocycles. The monoisotopic (exact) mass is 302 g/mol. The molecule has 1 heterocycles.